The van der Waals surface area contributed by atoms with Crippen LogP contribution in [0, 0.1) is 6.92 Å². The molecule has 31 heavy (non-hydrogen) atoms. The Kier molecular flexibility index (Phi) is 5.73. The Balaban J connectivity index is 1.67. The van der Waals surface area contributed by atoms with E-state index in [1.165, 1.54) is 4.90 Å². The Hall–Kier alpha value is -3.64. The first kappa shape index (κ1) is 20.6. The van der Waals surface area contributed by atoms with Crippen molar-refractivity contribution in [2.45, 2.75) is 13.1 Å². The number of aliphatic imine (C=N–C) groups is 1. The quantitative estimate of drug-likeness (QED) is 0.634. The van der Waals surface area contributed by atoms with Crippen LogP contribution in [0.2, 0.25) is 5.02 Å². The Morgan fingerprint density at radius 3 is 2.48 bits per heavy atom. The van der Waals surface area contributed by atoms with Crippen LogP contribution in [0.15, 0.2) is 77.8 Å². The molecule has 1 atom stereocenters. The van der Waals surface area contributed by atoms with Crippen molar-refractivity contribution < 1.29 is 9.59 Å². The Labute approximate surface area is 185 Å². The number of benzene rings is 3. The number of aryl methyl sites for hydroxylation is 1. The first-order valence-electron chi connectivity index (χ1n) is 9.78. The van der Waals surface area contributed by atoms with Gasteiger partial charge in [0.05, 0.1) is 11.4 Å². The molecular weight excluding hydrogens is 412 g/mol. The largest absolute Gasteiger partial charge is 0.321 e. The second kappa shape index (κ2) is 8.62. The SMILES string of the molecule is Cc1ccc(NC(=O)N[C@H]2N=C(c3ccccc3)c3ccccc3N(C)C2=O)cc1Cl. The maximum Gasteiger partial charge on any atom is 0.321 e. The van der Waals surface area contributed by atoms with E-state index in [4.69, 9.17) is 11.6 Å². The van der Waals surface area contributed by atoms with Gasteiger partial charge in [-0.15, -0.1) is 0 Å². The van der Waals surface area contributed by atoms with E-state index < -0.39 is 12.2 Å². The summed E-state index contributed by atoms with van der Waals surface area (Å²) in [7, 11) is 1.68. The molecule has 156 valence electrons. The van der Waals surface area contributed by atoms with Crippen LogP contribution in [0.25, 0.3) is 0 Å². The van der Waals surface area contributed by atoms with Gasteiger partial charge >= 0.3 is 6.03 Å². The van der Waals surface area contributed by atoms with Crippen LogP contribution in [0.1, 0.15) is 16.7 Å². The Bertz CT molecular complexity index is 1180. The number of amides is 3. The molecule has 0 fully saturated rings. The summed E-state index contributed by atoms with van der Waals surface area (Å²) in [4.78, 5) is 32.0. The normalized spacial score (nSPS) is 15.6. The van der Waals surface area contributed by atoms with Crippen LogP contribution in [-0.2, 0) is 4.79 Å². The molecule has 7 heteroatoms. The average molecular weight is 433 g/mol. The minimum Gasteiger partial charge on any atom is -0.311 e. The lowest BCUT2D eigenvalue weighted by molar-refractivity contribution is -0.119. The zero-order chi connectivity index (χ0) is 22.0. The fraction of sp³-hybridized carbons (Fsp3) is 0.125. The molecule has 1 aliphatic rings. The van der Waals surface area contributed by atoms with Gasteiger partial charge in [-0.2, -0.15) is 0 Å². The number of anilines is 2. The molecule has 1 heterocycles. The summed E-state index contributed by atoms with van der Waals surface area (Å²) in [6, 6.07) is 21.8. The van der Waals surface area contributed by atoms with E-state index in [1.807, 2.05) is 67.6 Å². The molecule has 0 aliphatic carbocycles. The number of rotatable bonds is 3. The molecular formula is C24H21ClN4O2. The molecule has 1 aliphatic heterocycles. The number of likely N-dealkylation sites (N-methyl/N-ethyl adjacent to an activating group) is 1. The van der Waals surface area contributed by atoms with Crippen LogP contribution in [0.5, 0.6) is 0 Å². The van der Waals surface area contributed by atoms with E-state index in [9.17, 15) is 9.59 Å². The highest BCUT2D eigenvalue weighted by Crippen LogP contribution is 2.27. The number of hydrogen-bond acceptors (Lipinski definition) is 3. The molecule has 0 radical (unpaired) electrons. The van der Waals surface area contributed by atoms with Gasteiger partial charge in [-0.05, 0) is 30.7 Å². The number of fused-ring (bicyclic) bond motifs is 1. The summed E-state index contributed by atoms with van der Waals surface area (Å²) in [5, 5.41) is 5.94. The maximum absolute atomic E-state index is 13.1. The first-order valence-corrected chi connectivity index (χ1v) is 10.2. The number of hydrogen-bond donors (Lipinski definition) is 2. The lowest BCUT2D eigenvalue weighted by Crippen LogP contribution is -2.47. The standard InChI is InChI=1S/C24H21ClN4O2/c1-15-12-13-17(14-19(15)25)26-24(31)28-22-23(30)29(2)20-11-7-6-10-18(20)21(27-22)16-8-4-3-5-9-16/h3-14,22H,1-2H3,(H2,26,28,31)/t22-/m1/s1. The molecule has 0 aromatic heterocycles. The predicted octanol–water partition coefficient (Wildman–Crippen LogP) is 4.61. The molecule has 0 saturated heterocycles. The van der Waals surface area contributed by atoms with E-state index in [0.717, 1.165) is 22.4 Å². The number of benzodiazepines with no additional fused rings is 1. The van der Waals surface area contributed by atoms with Crippen molar-refractivity contribution in [1.82, 2.24) is 5.32 Å². The van der Waals surface area contributed by atoms with Crippen LogP contribution in [-0.4, -0.2) is 30.9 Å². The van der Waals surface area contributed by atoms with Crippen molar-refractivity contribution in [2.24, 2.45) is 4.99 Å². The minimum atomic E-state index is -1.09. The molecule has 3 aromatic carbocycles. The molecule has 3 aromatic rings. The molecule has 3 amide bonds. The fourth-order valence-electron chi connectivity index (χ4n) is 3.40. The fourth-order valence-corrected chi connectivity index (χ4v) is 3.58. The third kappa shape index (κ3) is 4.29. The van der Waals surface area contributed by atoms with E-state index in [2.05, 4.69) is 15.6 Å². The highest BCUT2D eigenvalue weighted by molar-refractivity contribution is 6.31. The van der Waals surface area contributed by atoms with E-state index >= 15 is 0 Å². The van der Waals surface area contributed by atoms with E-state index in [1.54, 1.807) is 19.2 Å². The predicted molar refractivity (Wildman–Crippen MR) is 124 cm³/mol. The highest BCUT2D eigenvalue weighted by Gasteiger charge is 2.30. The summed E-state index contributed by atoms with van der Waals surface area (Å²) in [5.74, 6) is -0.338. The van der Waals surface area contributed by atoms with Gasteiger partial charge < -0.3 is 15.5 Å². The van der Waals surface area contributed by atoms with Crippen molar-refractivity contribution in [3.63, 3.8) is 0 Å². The van der Waals surface area contributed by atoms with Gasteiger partial charge in [0, 0.05) is 28.9 Å². The van der Waals surface area contributed by atoms with E-state index in [-0.39, 0.29) is 5.91 Å². The lowest BCUT2D eigenvalue weighted by atomic mass is 10.0. The first-order chi connectivity index (χ1) is 14.9. The molecule has 0 bridgehead atoms. The van der Waals surface area contributed by atoms with Gasteiger partial charge in [-0.1, -0.05) is 66.2 Å². The van der Waals surface area contributed by atoms with Crippen molar-refractivity contribution in [2.75, 3.05) is 17.3 Å². The summed E-state index contributed by atoms with van der Waals surface area (Å²) in [6.45, 7) is 1.88. The van der Waals surface area contributed by atoms with Crippen LogP contribution >= 0.6 is 11.6 Å². The zero-order valence-corrected chi connectivity index (χ0v) is 17.9. The number of urea groups is 1. The molecule has 2 N–H and O–H groups in total. The summed E-state index contributed by atoms with van der Waals surface area (Å²) < 4.78 is 0. The van der Waals surface area contributed by atoms with Gasteiger partial charge in [0.2, 0.25) is 6.17 Å². The third-order valence-electron chi connectivity index (χ3n) is 5.09. The third-order valence-corrected chi connectivity index (χ3v) is 5.50. The number of nitrogens with one attached hydrogen (secondary N) is 2. The van der Waals surface area contributed by atoms with Crippen molar-refractivity contribution in [1.29, 1.82) is 0 Å². The number of carbonyl (C=O) groups excluding carboxylic acids is 2. The molecule has 0 spiro atoms. The minimum absolute atomic E-state index is 0.338. The number of carbonyl (C=O) groups is 2. The molecule has 0 unspecified atom stereocenters. The highest BCUT2D eigenvalue weighted by atomic mass is 35.5. The smallest absolute Gasteiger partial charge is 0.311 e. The van der Waals surface area contributed by atoms with Gasteiger partial charge in [0.1, 0.15) is 0 Å². The van der Waals surface area contributed by atoms with Crippen LogP contribution in [0.3, 0.4) is 0 Å². The van der Waals surface area contributed by atoms with Gasteiger partial charge in [0.15, 0.2) is 0 Å². The molecule has 4 rings (SSSR count). The van der Waals surface area contributed by atoms with Gasteiger partial charge in [-0.25, -0.2) is 9.79 Å². The average Bonchev–Trinajstić information content (AvgIpc) is 2.88. The topological polar surface area (TPSA) is 73.8 Å². The Morgan fingerprint density at radius 1 is 1.03 bits per heavy atom. The Morgan fingerprint density at radius 2 is 1.74 bits per heavy atom. The monoisotopic (exact) mass is 432 g/mol. The van der Waals surface area contributed by atoms with Crippen LogP contribution in [0.4, 0.5) is 16.2 Å². The van der Waals surface area contributed by atoms with Gasteiger partial charge in [-0.3, -0.25) is 4.79 Å². The van der Waals surface area contributed by atoms with E-state index in [0.29, 0.717) is 16.4 Å². The van der Waals surface area contributed by atoms with Crippen molar-refractivity contribution in [3.05, 3.63) is 94.5 Å². The molecule has 0 saturated carbocycles. The second-order valence-electron chi connectivity index (χ2n) is 7.22. The van der Waals surface area contributed by atoms with Crippen LogP contribution < -0.4 is 15.5 Å². The lowest BCUT2D eigenvalue weighted by Gasteiger charge is -2.21. The zero-order valence-electron chi connectivity index (χ0n) is 17.1. The second-order valence-corrected chi connectivity index (χ2v) is 7.63. The number of para-hydroxylation sites is 1. The van der Waals surface area contributed by atoms with Crippen molar-refractivity contribution >= 4 is 40.6 Å². The summed E-state index contributed by atoms with van der Waals surface area (Å²) in [5.41, 5.74) is 4.47. The summed E-state index contributed by atoms with van der Waals surface area (Å²) in [6.07, 6.45) is -1.09. The molecule has 6 nitrogen and oxygen atoms in total. The summed E-state index contributed by atoms with van der Waals surface area (Å²) >= 11 is 6.14. The number of nitrogens with zero attached hydrogens (tertiary/aromatic N) is 2. The van der Waals surface area contributed by atoms with Crippen molar-refractivity contribution in [3.8, 4) is 0 Å². The van der Waals surface area contributed by atoms with Gasteiger partial charge in [0.25, 0.3) is 5.91 Å². The number of halogens is 1. The maximum atomic E-state index is 13.1.